The van der Waals surface area contributed by atoms with Gasteiger partial charge in [0, 0.05) is 43.8 Å². The molecule has 3 unspecified atom stereocenters. The molecule has 0 aliphatic carbocycles. The van der Waals surface area contributed by atoms with Crippen LogP contribution in [0.2, 0.25) is 5.02 Å². The number of fused-ring (bicyclic) bond motifs is 1. The molecule has 3 heterocycles. The van der Waals surface area contributed by atoms with Gasteiger partial charge in [0.25, 0.3) is 0 Å². The maximum Gasteiger partial charge on any atom is 0.231 e. The standard InChI is InChI=1S/C24H29ClN4O3/c1-16-20(12-17-2-5-19(25)6-3-17)23(30)27-24(26-16)29-10-8-28(9-11-29)14-18-4-7-21-22(13-18)32-15-31-21/h2-7,13,16,20,24,26H,8-12,14-15H2,1H3,(H,27,30). The molecule has 2 fully saturated rings. The summed E-state index contributed by atoms with van der Waals surface area (Å²) in [6.07, 6.45) is 0.583. The number of amides is 1. The summed E-state index contributed by atoms with van der Waals surface area (Å²) >= 11 is 5.98. The van der Waals surface area contributed by atoms with E-state index in [1.807, 2.05) is 30.3 Å². The first-order chi connectivity index (χ1) is 15.5. The molecule has 32 heavy (non-hydrogen) atoms. The number of hydrogen-bond acceptors (Lipinski definition) is 6. The van der Waals surface area contributed by atoms with Crippen molar-refractivity contribution in [3.8, 4) is 11.5 Å². The van der Waals surface area contributed by atoms with E-state index in [1.165, 1.54) is 5.56 Å². The number of hydrogen-bond donors (Lipinski definition) is 2. The molecule has 170 valence electrons. The van der Waals surface area contributed by atoms with Gasteiger partial charge in [-0.15, -0.1) is 0 Å². The molecule has 3 aliphatic rings. The number of piperazine rings is 1. The van der Waals surface area contributed by atoms with Gasteiger partial charge in [0.2, 0.25) is 12.7 Å². The number of carbonyl (C=O) groups is 1. The molecular formula is C24H29ClN4O3. The summed E-state index contributed by atoms with van der Waals surface area (Å²) < 4.78 is 10.9. The van der Waals surface area contributed by atoms with E-state index < -0.39 is 0 Å². The highest BCUT2D eigenvalue weighted by Crippen LogP contribution is 2.33. The summed E-state index contributed by atoms with van der Waals surface area (Å²) in [6, 6.07) is 14.0. The van der Waals surface area contributed by atoms with Crippen molar-refractivity contribution in [3.05, 3.63) is 58.6 Å². The quantitative estimate of drug-likeness (QED) is 0.720. The van der Waals surface area contributed by atoms with Crippen LogP contribution < -0.4 is 20.1 Å². The van der Waals surface area contributed by atoms with Gasteiger partial charge in [0.1, 0.15) is 6.29 Å². The van der Waals surface area contributed by atoms with E-state index in [4.69, 9.17) is 21.1 Å². The lowest BCUT2D eigenvalue weighted by Crippen LogP contribution is -2.68. The van der Waals surface area contributed by atoms with Gasteiger partial charge in [-0.25, -0.2) is 0 Å². The Bertz CT molecular complexity index is 962. The number of ether oxygens (including phenoxy) is 2. The molecule has 0 aromatic heterocycles. The monoisotopic (exact) mass is 456 g/mol. The van der Waals surface area contributed by atoms with Crippen molar-refractivity contribution in [1.29, 1.82) is 0 Å². The Kier molecular flexibility index (Phi) is 6.24. The van der Waals surface area contributed by atoms with E-state index in [9.17, 15) is 4.79 Å². The van der Waals surface area contributed by atoms with Crippen LogP contribution in [0.3, 0.4) is 0 Å². The first-order valence-electron chi connectivity index (χ1n) is 11.2. The predicted octanol–water partition coefficient (Wildman–Crippen LogP) is 2.44. The number of benzene rings is 2. The van der Waals surface area contributed by atoms with Crippen molar-refractivity contribution < 1.29 is 14.3 Å². The van der Waals surface area contributed by atoms with Gasteiger partial charge in [-0.3, -0.25) is 19.9 Å². The Morgan fingerprint density at radius 1 is 1.00 bits per heavy atom. The average molecular weight is 457 g/mol. The molecule has 8 heteroatoms. The Morgan fingerprint density at radius 2 is 1.72 bits per heavy atom. The molecule has 0 saturated carbocycles. The van der Waals surface area contributed by atoms with Crippen LogP contribution >= 0.6 is 11.6 Å². The molecule has 3 atom stereocenters. The van der Waals surface area contributed by atoms with E-state index >= 15 is 0 Å². The smallest absolute Gasteiger partial charge is 0.231 e. The van der Waals surface area contributed by atoms with E-state index in [2.05, 4.69) is 39.5 Å². The van der Waals surface area contributed by atoms with Crippen LogP contribution in [-0.2, 0) is 17.8 Å². The molecule has 0 spiro atoms. The highest BCUT2D eigenvalue weighted by atomic mass is 35.5. The minimum atomic E-state index is -0.119. The third kappa shape index (κ3) is 4.71. The molecule has 2 aromatic rings. The van der Waals surface area contributed by atoms with Gasteiger partial charge in [0.15, 0.2) is 11.5 Å². The average Bonchev–Trinajstić information content (AvgIpc) is 3.26. The van der Waals surface area contributed by atoms with Crippen molar-refractivity contribution in [1.82, 2.24) is 20.4 Å². The maximum absolute atomic E-state index is 12.9. The molecule has 3 aliphatic heterocycles. The van der Waals surface area contributed by atoms with Crippen molar-refractivity contribution >= 4 is 17.5 Å². The molecule has 2 saturated heterocycles. The van der Waals surface area contributed by atoms with Crippen LogP contribution in [-0.4, -0.2) is 61.0 Å². The lowest BCUT2D eigenvalue weighted by molar-refractivity contribution is -0.132. The molecule has 5 rings (SSSR count). The van der Waals surface area contributed by atoms with Gasteiger partial charge < -0.3 is 14.8 Å². The van der Waals surface area contributed by atoms with Crippen molar-refractivity contribution in [2.75, 3.05) is 33.0 Å². The fourth-order valence-corrected chi connectivity index (χ4v) is 4.82. The molecule has 0 bridgehead atoms. The minimum absolute atomic E-state index is 0.0936. The second-order valence-electron chi connectivity index (χ2n) is 8.80. The third-order valence-corrected chi connectivity index (χ3v) is 6.88. The Hall–Kier alpha value is -2.32. The zero-order chi connectivity index (χ0) is 22.1. The van der Waals surface area contributed by atoms with Gasteiger partial charge in [0.05, 0.1) is 5.92 Å². The first kappa shape index (κ1) is 21.5. The van der Waals surface area contributed by atoms with Crippen LogP contribution in [0.4, 0.5) is 0 Å². The maximum atomic E-state index is 12.9. The number of rotatable bonds is 5. The zero-order valence-corrected chi connectivity index (χ0v) is 19.0. The first-order valence-corrected chi connectivity index (χ1v) is 11.6. The van der Waals surface area contributed by atoms with Crippen LogP contribution in [0, 0.1) is 5.92 Å². The molecule has 0 radical (unpaired) electrons. The van der Waals surface area contributed by atoms with E-state index in [0.717, 1.165) is 49.8 Å². The summed E-state index contributed by atoms with van der Waals surface area (Å²) in [5, 5.41) is 7.52. The lowest BCUT2D eigenvalue weighted by atomic mass is 9.90. The number of nitrogens with one attached hydrogen (secondary N) is 2. The van der Waals surface area contributed by atoms with Crippen molar-refractivity contribution in [3.63, 3.8) is 0 Å². The van der Waals surface area contributed by atoms with E-state index in [1.54, 1.807) is 0 Å². The van der Waals surface area contributed by atoms with Crippen LogP contribution in [0.15, 0.2) is 42.5 Å². The number of nitrogens with zero attached hydrogens (tertiary/aromatic N) is 2. The summed E-state index contributed by atoms with van der Waals surface area (Å²) in [5.41, 5.74) is 2.35. The topological polar surface area (TPSA) is 66.1 Å². The van der Waals surface area contributed by atoms with Gasteiger partial charge in [-0.2, -0.15) is 0 Å². The number of carbonyl (C=O) groups excluding carboxylic acids is 1. The van der Waals surface area contributed by atoms with E-state index in [0.29, 0.717) is 18.2 Å². The molecule has 2 aromatic carbocycles. The lowest BCUT2D eigenvalue weighted by Gasteiger charge is -2.44. The van der Waals surface area contributed by atoms with Gasteiger partial charge >= 0.3 is 0 Å². The number of halogens is 1. The SMILES string of the molecule is CC1NC(N2CCN(Cc3ccc4c(c3)OCO4)CC2)NC(=O)C1Cc1ccc(Cl)cc1. The van der Waals surface area contributed by atoms with Crippen LogP contribution in [0.5, 0.6) is 11.5 Å². The van der Waals surface area contributed by atoms with Crippen molar-refractivity contribution in [2.24, 2.45) is 5.92 Å². The largest absolute Gasteiger partial charge is 0.454 e. The van der Waals surface area contributed by atoms with Crippen molar-refractivity contribution in [2.45, 2.75) is 32.2 Å². The second-order valence-corrected chi connectivity index (χ2v) is 9.24. The van der Waals surface area contributed by atoms with Gasteiger partial charge in [-0.05, 0) is 48.7 Å². The molecule has 2 N–H and O–H groups in total. The molecule has 7 nitrogen and oxygen atoms in total. The Morgan fingerprint density at radius 3 is 2.47 bits per heavy atom. The Labute approximate surface area is 193 Å². The Balaban J connectivity index is 1.13. The predicted molar refractivity (Wildman–Crippen MR) is 123 cm³/mol. The summed E-state index contributed by atoms with van der Waals surface area (Å²) in [6.45, 7) is 6.98. The van der Waals surface area contributed by atoms with Gasteiger partial charge in [-0.1, -0.05) is 29.8 Å². The summed E-state index contributed by atoms with van der Waals surface area (Å²) in [7, 11) is 0. The summed E-state index contributed by atoms with van der Waals surface area (Å²) in [4.78, 5) is 17.6. The highest BCUT2D eigenvalue weighted by Gasteiger charge is 2.36. The van der Waals surface area contributed by atoms with Crippen LogP contribution in [0.25, 0.3) is 0 Å². The normalized spacial score (nSPS) is 26.2. The third-order valence-electron chi connectivity index (χ3n) is 6.62. The fraction of sp³-hybridized carbons (Fsp3) is 0.458. The summed E-state index contributed by atoms with van der Waals surface area (Å²) in [5.74, 6) is 1.66. The minimum Gasteiger partial charge on any atom is -0.454 e. The zero-order valence-electron chi connectivity index (χ0n) is 18.2. The molecule has 1 amide bonds. The molecular weight excluding hydrogens is 428 g/mol. The fourth-order valence-electron chi connectivity index (χ4n) is 4.69. The van der Waals surface area contributed by atoms with E-state index in [-0.39, 0.29) is 24.2 Å². The van der Waals surface area contributed by atoms with Crippen LogP contribution in [0.1, 0.15) is 18.1 Å². The highest BCUT2D eigenvalue weighted by molar-refractivity contribution is 6.30. The second kappa shape index (κ2) is 9.27.